The monoisotopic (exact) mass is 635 g/mol. The molecule has 2 aromatic heterocycles. The molecule has 4 aromatic rings. The summed E-state index contributed by atoms with van der Waals surface area (Å²) in [6, 6.07) is 5.74. The maximum absolute atomic E-state index is 16.8. The molecular weight excluding hydrogens is 599 g/mol. The number of hydrogen-bond donors (Lipinski definition) is 1. The molecular formula is C34H36F3N5O4. The van der Waals surface area contributed by atoms with E-state index in [1.807, 2.05) is 11.8 Å². The summed E-state index contributed by atoms with van der Waals surface area (Å²) in [5.74, 6) is -1.40. The van der Waals surface area contributed by atoms with Gasteiger partial charge in [0.1, 0.15) is 41.4 Å². The van der Waals surface area contributed by atoms with Crippen LogP contribution in [0, 0.1) is 17.6 Å². The van der Waals surface area contributed by atoms with Crippen LogP contribution >= 0.6 is 0 Å². The van der Waals surface area contributed by atoms with Gasteiger partial charge in [-0.3, -0.25) is 14.7 Å². The van der Waals surface area contributed by atoms with Crippen LogP contribution in [0.2, 0.25) is 0 Å². The molecule has 0 saturated carbocycles. The quantitative estimate of drug-likeness (QED) is 0.255. The summed E-state index contributed by atoms with van der Waals surface area (Å²) in [6.45, 7) is 4.07. The first-order valence-corrected chi connectivity index (χ1v) is 15.9. The topological polar surface area (TPSA) is 101 Å². The Bertz CT molecular complexity index is 1830. The molecule has 0 radical (unpaired) electrons. The summed E-state index contributed by atoms with van der Waals surface area (Å²) in [5.41, 5.74) is 0.0391. The Balaban J connectivity index is 1.34. The second kappa shape index (κ2) is 11.9. The number of phenols is 1. The maximum atomic E-state index is 16.8. The number of hydrogen-bond acceptors (Lipinski definition) is 9. The van der Waals surface area contributed by atoms with E-state index in [1.165, 1.54) is 31.5 Å². The van der Waals surface area contributed by atoms with Crippen LogP contribution in [-0.2, 0) is 16.0 Å². The highest BCUT2D eigenvalue weighted by Crippen LogP contribution is 2.42. The number of fused-ring (bicyclic) bond motifs is 3. The largest absolute Gasteiger partial charge is 0.508 e. The highest BCUT2D eigenvalue weighted by atomic mass is 19.1. The van der Waals surface area contributed by atoms with E-state index in [0.29, 0.717) is 72.9 Å². The SMILES string of the molecule is CCc1c(F)ccc2cc(O)cc(-c3ncc4c(N5CCC(C(=O)OC)CC5)nc(OC[C@@]56CCCN5C[C@H](F)C6)nc4c3F)c12. The van der Waals surface area contributed by atoms with Gasteiger partial charge in [0.2, 0.25) is 0 Å². The summed E-state index contributed by atoms with van der Waals surface area (Å²) >= 11 is 0. The van der Waals surface area contributed by atoms with Gasteiger partial charge in [-0.05, 0) is 73.2 Å². The first-order valence-electron chi connectivity index (χ1n) is 15.9. The van der Waals surface area contributed by atoms with Crippen molar-refractivity contribution in [2.45, 2.75) is 57.2 Å². The van der Waals surface area contributed by atoms with Crippen molar-refractivity contribution in [2.75, 3.05) is 44.8 Å². The number of piperidine rings is 1. The Labute approximate surface area is 264 Å². The smallest absolute Gasteiger partial charge is 0.319 e. The van der Waals surface area contributed by atoms with Gasteiger partial charge < -0.3 is 19.5 Å². The average Bonchev–Trinajstić information content (AvgIpc) is 3.59. The third-order valence-corrected chi connectivity index (χ3v) is 9.97. The van der Waals surface area contributed by atoms with E-state index >= 15 is 4.39 Å². The molecule has 3 fully saturated rings. The number of esters is 1. The number of carbonyl (C=O) groups excluding carboxylic acids is 1. The van der Waals surface area contributed by atoms with E-state index in [2.05, 4.69) is 14.9 Å². The lowest BCUT2D eigenvalue weighted by Gasteiger charge is -2.33. The maximum Gasteiger partial charge on any atom is 0.319 e. The molecule has 3 aliphatic heterocycles. The molecule has 3 saturated heterocycles. The van der Waals surface area contributed by atoms with Crippen molar-refractivity contribution in [3.63, 3.8) is 0 Å². The lowest BCUT2D eigenvalue weighted by Crippen LogP contribution is -2.43. The minimum atomic E-state index is -0.936. The Hall–Kier alpha value is -4.19. The van der Waals surface area contributed by atoms with Gasteiger partial charge in [-0.25, -0.2) is 13.2 Å². The third kappa shape index (κ3) is 5.16. The van der Waals surface area contributed by atoms with E-state index in [4.69, 9.17) is 14.5 Å². The predicted molar refractivity (Wildman–Crippen MR) is 167 cm³/mol. The molecule has 9 nitrogen and oxygen atoms in total. The van der Waals surface area contributed by atoms with Crippen molar-refractivity contribution in [1.29, 1.82) is 0 Å². The molecule has 5 heterocycles. The minimum absolute atomic E-state index is 0.0402. The summed E-state index contributed by atoms with van der Waals surface area (Å²) in [7, 11) is 1.37. The minimum Gasteiger partial charge on any atom is -0.508 e. The number of aromatic hydroxyl groups is 1. The molecule has 0 aliphatic carbocycles. The van der Waals surface area contributed by atoms with E-state index in [9.17, 15) is 18.7 Å². The molecule has 12 heteroatoms. The lowest BCUT2D eigenvalue weighted by atomic mass is 9.94. The molecule has 2 atom stereocenters. The van der Waals surface area contributed by atoms with Crippen molar-refractivity contribution in [2.24, 2.45) is 5.92 Å². The summed E-state index contributed by atoms with van der Waals surface area (Å²) in [5, 5.41) is 11.9. The van der Waals surface area contributed by atoms with Gasteiger partial charge in [-0.2, -0.15) is 9.97 Å². The van der Waals surface area contributed by atoms with E-state index in [-0.39, 0.29) is 47.0 Å². The number of benzene rings is 2. The Morgan fingerprint density at radius 1 is 1.15 bits per heavy atom. The standard InChI is InChI=1S/C34H36F3N5O4/c1-3-23-26(36)6-5-20-13-22(43)14-24(27(20)23)29-28(37)30-25(16-38-29)31(41-11-7-19(8-12-41)32(44)45-2)40-33(39-30)46-18-34-9-4-10-42(34)17-21(35)15-34/h5-6,13-14,16,19,21,43H,3-4,7-12,15,17-18H2,1-2H3/t21-,34+/m1/s1. The van der Waals surface area contributed by atoms with Gasteiger partial charge in [0.15, 0.2) is 5.82 Å². The van der Waals surface area contributed by atoms with Crippen LogP contribution in [0.1, 0.15) is 44.6 Å². The zero-order valence-electron chi connectivity index (χ0n) is 25.9. The number of halogens is 3. The highest BCUT2D eigenvalue weighted by Gasteiger charge is 2.49. The molecule has 2 aromatic carbocycles. The Morgan fingerprint density at radius 3 is 2.72 bits per heavy atom. The molecule has 0 spiro atoms. The van der Waals surface area contributed by atoms with E-state index in [0.717, 1.165) is 19.4 Å². The van der Waals surface area contributed by atoms with Crippen molar-refractivity contribution >= 4 is 33.5 Å². The lowest BCUT2D eigenvalue weighted by molar-refractivity contribution is -0.146. The summed E-state index contributed by atoms with van der Waals surface area (Å²) in [4.78, 5) is 30.0. The Kier molecular flexibility index (Phi) is 7.86. The van der Waals surface area contributed by atoms with Gasteiger partial charge >= 0.3 is 12.0 Å². The van der Waals surface area contributed by atoms with Gasteiger partial charge in [0, 0.05) is 37.8 Å². The van der Waals surface area contributed by atoms with Crippen LogP contribution in [0.3, 0.4) is 0 Å². The zero-order chi connectivity index (χ0) is 32.2. The van der Waals surface area contributed by atoms with E-state index < -0.39 is 23.3 Å². The molecule has 7 rings (SSSR count). The van der Waals surface area contributed by atoms with Crippen molar-refractivity contribution < 1.29 is 32.5 Å². The number of rotatable bonds is 7. The van der Waals surface area contributed by atoms with Crippen LogP contribution in [0.15, 0.2) is 30.5 Å². The van der Waals surface area contributed by atoms with Gasteiger partial charge in [-0.15, -0.1) is 0 Å². The van der Waals surface area contributed by atoms with E-state index in [1.54, 1.807) is 6.07 Å². The number of methoxy groups -OCH3 is 1. The van der Waals surface area contributed by atoms with Gasteiger partial charge in [0.25, 0.3) is 0 Å². The first kappa shape index (κ1) is 30.5. The highest BCUT2D eigenvalue weighted by molar-refractivity contribution is 6.01. The predicted octanol–water partition coefficient (Wildman–Crippen LogP) is 5.74. The second-order valence-corrected chi connectivity index (χ2v) is 12.6. The first-order chi connectivity index (χ1) is 22.2. The normalized spacial score (nSPS) is 22.1. The number of ether oxygens (including phenoxy) is 2. The van der Waals surface area contributed by atoms with Gasteiger partial charge in [0.05, 0.1) is 24.0 Å². The van der Waals surface area contributed by atoms with Crippen LogP contribution in [0.5, 0.6) is 11.8 Å². The molecule has 242 valence electrons. The van der Waals surface area contributed by atoms with Crippen LogP contribution in [0.4, 0.5) is 19.0 Å². The van der Waals surface area contributed by atoms with Crippen LogP contribution in [0.25, 0.3) is 32.9 Å². The van der Waals surface area contributed by atoms with Gasteiger partial charge in [-0.1, -0.05) is 13.0 Å². The van der Waals surface area contributed by atoms with Crippen LogP contribution < -0.4 is 9.64 Å². The Morgan fingerprint density at radius 2 is 1.96 bits per heavy atom. The molecule has 0 unspecified atom stereocenters. The fourth-order valence-electron chi connectivity index (χ4n) is 7.69. The van der Waals surface area contributed by atoms with Crippen LogP contribution in [-0.4, -0.2) is 82.5 Å². The number of pyridine rings is 1. The molecule has 1 N–H and O–H groups in total. The fraction of sp³-hybridized carbons (Fsp3) is 0.471. The number of phenolic OH excluding ortho intramolecular Hbond substituents is 1. The number of nitrogens with zero attached hydrogens (tertiary/aromatic N) is 5. The summed E-state index contributed by atoms with van der Waals surface area (Å²) in [6.07, 6.45) is 4.04. The fourth-order valence-corrected chi connectivity index (χ4v) is 7.69. The third-order valence-electron chi connectivity index (χ3n) is 9.97. The zero-order valence-corrected chi connectivity index (χ0v) is 25.9. The molecule has 3 aliphatic rings. The molecule has 46 heavy (non-hydrogen) atoms. The van der Waals surface area contributed by atoms with Crippen molar-refractivity contribution in [3.05, 3.63) is 47.7 Å². The number of carbonyl (C=O) groups is 1. The molecule has 0 amide bonds. The summed E-state index contributed by atoms with van der Waals surface area (Å²) < 4.78 is 57.3. The van der Waals surface area contributed by atoms with Crippen molar-refractivity contribution in [3.8, 4) is 23.0 Å². The second-order valence-electron chi connectivity index (χ2n) is 12.6. The number of aromatic nitrogens is 3. The number of alkyl halides is 1. The number of aryl methyl sites for hydroxylation is 1. The average molecular weight is 636 g/mol. The van der Waals surface area contributed by atoms with Crippen molar-refractivity contribution in [1.82, 2.24) is 19.9 Å². The number of anilines is 1. The molecule has 0 bridgehead atoms.